The lowest BCUT2D eigenvalue weighted by Crippen LogP contribution is -2.29. The zero-order valence-electron chi connectivity index (χ0n) is 10.6. The van der Waals surface area contributed by atoms with Gasteiger partial charge in [0.25, 0.3) is 0 Å². The van der Waals surface area contributed by atoms with Crippen molar-refractivity contribution in [2.24, 2.45) is 11.7 Å². The smallest absolute Gasteiger partial charge is 0.164 e. The Morgan fingerprint density at radius 2 is 1.94 bits per heavy atom. The van der Waals surface area contributed by atoms with Crippen molar-refractivity contribution in [3.05, 3.63) is 34.9 Å². The average Bonchev–Trinajstić information content (AvgIpc) is 2.21. The van der Waals surface area contributed by atoms with E-state index in [0.29, 0.717) is 12.3 Å². The number of hydrogen-bond donors (Lipinski definition) is 1. The fourth-order valence-electron chi connectivity index (χ4n) is 1.60. The van der Waals surface area contributed by atoms with Gasteiger partial charge < -0.3 is 5.73 Å². The second kappa shape index (κ2) is 5.26. The monoisotopic (exact) mass is 219 g/mol. The highest BCUT2D eigenvalue weighted by Crippen LogP contribution is 2.15. The largest absolute Gasteiger partial charge is 0.327 e. The van der Waals surface area contributed by atoms with Crippen molar-refractivity contribution in [2.75, 3.05) is 0 Å². The minimum Gasteiger partial charge on any atom is -0.327 e. The Kier molecular flexibility index (Phi) is 4.25. The summed E-state index contributed by atoms with van der Waals surface area (Å²) in [5, 5.41) is 0. The van der Waals surface area contributed by atoms with E-state index in [0.717, 1.165) is 16.7 Å². The Balaban J connectivity index is 2.84. The third kappa shape index (κ3) is 3.17. The third-order valence-electron chi connectivity index (χ3n) is 2.97. The lowest BCUT2D eigenvalue weighted by Gasteiger charge is -2.15. The highest BCUT2D eigenvalue weighted by atomic mass is 16.1. The number of carbonyl (C=O) groups is 1. The van der Waals surface area contributed by atoms with Crippen molar-refractivity contribution in [3.63, 3.8) is 0 Å². The van der Waals surface area contributed by atoms with Gasteiger partial charge in [-0.05, 0) is 31.4 Å². The van der Waals surface area contributed by atoms with Crippen LogP contribution in [-0.2, 0) is 0 Å². The van der Waals surface area contributed by atoms with Gasteiger partial charge >= 0.3 is 0 Å². The van der Waals surface area contributed by atoms with Crippen molar-refractivity contribution in [2.45, 2.75) is 40.2 Å². The van der Waals surface area contributed by atoms with Crippen molar-refractivity contribution < 1.29 is 4.79 Å². The van der Waals surface area contributed by atoms with Gasteiger partial charge in [-0.3, -0.25) is 4.79 Å². The molecule has 0 aliphatic carbocycles. The van der Waals surface area contributed by atoms with Gasteiger partial charge in [-0.25, -0.2) is 0 Å². The predicted molar refractivity (Wildman–Crippen MR) is 67.7 cm³/mol. The van der Waals surface area contributed by atoms with E-state index >= 15 is 0 Å². The van der Waals surface area contributed by atoms with Crippen LogP contribution < -0.4 is 5.73 Å². The first-order chi connectivity index (χ1) is 7.41. The fraction of sp³-hybridized carbons (Fsp3) is 0.500. The number of aryl methyl sites for hydroxylation is 2. The van der Waals surface area contributed by atoms with Crippen LogP contribution in [0.4, 0.5) is 0 Å². The molecule has 1 unspecified atom stereocenters. The SMILES string of the molecule is Cc1ccc(C)c(C(=O)CC(N)C(C)C)c1. The van der Waals surface area contributed by atoms with Crippen LogP contribution in [0.15, 0.2) is 18.2 Å². The topological polar surface area (TPSA) is 43.1 Å². The second-order valence-electron chi connectivity index (χ2n) is 4.85. The van der Waals surface area contributed by atoms with Crippen LogP contribution in [0, 0.1) is 19.8 Å². The summed E-state index contributed by atoms with van der Waals surface area (Å²) in [6.07, 6.45) is 0.432. The summed E-state index contributed by atoms with van der Waals surface area (Å²) >= 11 is 0. The molecule has 2 heteroatoms. The molecular weight excluding hydrogens is 198 g/mol. The third-order valence-corrected chi connectivity index (χ3v) is 2.97. The first-order valence-electron chi connectivity index (χ1n) is 5.78. The number of nitrogens with two attached hydrogens (primary N) is 1. The zero-order valence-corrected chi connectivity index (χ0v) is 10.6. The molecule has 88 valence electrons. The average molecular weight is 219 g/mol. The summed E-state index contributed by atoms with van der Waals surface area (Å²) in [6, 6.07) is 5.91. The summed E-state index contributed by atoms with van der Waals surface area (Å²) in [7, 11) is 0. The second-order valence-corrected chi connectivity index (χ2v) is 4.85. The van der Waals surface area contributed by atoms with Crippen molar-refractivity contribution in [1.82, 2.24) is 0 Å². The maximum Gasteiger partial charge on any atom is 0.164 e. The van der Waals surface area contributed by atoms with Crippen molar-refractivity contribution >= 4 is 5.78 Å². The Labute approximate surface area is 97.9 Å². The molecule has 1 aromatic carbocycles. The fourth-order valence-corrected chi connectivity index (χ4v) is 1.60. The number of Topliss-reactive ketones (excluding diaryl/α,β-unsaturated/α-hetero) is 1. The number of carbonyl (C=O) groups excluding carboxylic acids is 1. The molecule has 0 bridgehead atoms. The van der Waals surface area contributed by atoms with E-state index in [2.05, 4.69) is 0 Å². The van der Waals surface area contributed by atoms with Gasteiger partial charge in [0.15, 0.2) is 5.78 Å². The molecule has 0 aliphatic heterocycles. The first kappa shape index (κ1) is 12.9. The summed E-state index contributed by atoms with van der Waals surface area (Å²) in [5.41, 5.74) is 8.89. The van der Waals surface area contributed by atoms with Crippen LogP contribution in [0.5, 0.6) is 0 Å². The molecule has 1 atom stereocenters. The standard InChI is InChI=1S/C14H21NO/c1-9(2)13(15)8-14(16)12-7-10(3)5-6-11(12)4/h5-7,9,13H,8,15H2,1-4H3. The van der Waals surface area contributed by atoms with Gasteiger partial charge in [-0.15, -0.1) is 0 Å². The molecule has 2 nitrogen and oxygen atoms in total. The molecular formula is C14H21NO. The first-order valence-corrected chi connectivity index (χ1v) is 5.78. The van der Waals surface area contributed by atoms with Gasteiger partial charge in [0, 0.05) is 18.0 Å². The highest BCUT2D eigenvalue weighted by molar-refractivity contribution is 5.97. The molecule has 2 N–H and O–H groups in total. The Morgan fingerprint density at radius 1 is 1.31 bits per heavy atom. The predicted octanol–water partition coefficient (Wildman–Crippen LogP) is 2.86. The van der Waals surface area contributed by atoms with Crippen LogP contribution in [-0.4, -0.2) is 11.8 Å². The van der Waals surface area contributed by atoms with E-state index in [1.165, 1.54) is 0 Å². The summed E-state index contributed by atoms with van der Waals surface area (Å²) in [6.45, 7) is 8.05. The molecule has 16 heavy (non-hydrogen) atoms. The Hall–Kier alpha value is -1.15. The number of rotatable bonds is 4. The van der Waals surface area contributed by atoms with Gasteiger partial charge in [-0.2, -0.15) is 0 Å². The number of hydrogen-bond acceptors (Lipinski definition) is 2. The molecule has 0 fully saturated rings. The maximum atomic E-state index is 12.1. The van der Waals surface area contributed by atoms with Crippen LogP contribution in [0.2, 0.25) is 0 Å². The zero-order chi connectivity index (χ0) is 12.3. The molecule has 0 aliphatic rings. The molecule has 0 saturated carbocycles. The lowest BCUT2D eigenvalue weighted by molar-refractivity contribution is 0.0967. The molecule has 0 saturated heterocycles. The summed E-state index contributed by atoms with van der Waals surface area (Å²) in [4.78, 5) is 12.1. The summed E-state index contributed by atoms with van der Waals surface area (Å²) < 4.78 is 0. The molecule has 0 amide bonds. The molecule has 1 aromatic rings. The molecule has 0 spiro atoms. The Bertz CT molecular complexity index is 382. The van der Waals surface area contributed by atoms with Crippen LogP contribution in [0.25, 0.3) is 0 Å². The summed E-state index contributed by atoms with van der Waals surface area (Å²) in [5.74, 6) is 0.497. The quantitative estimate of drug-likeness (QED) is 0.791. The normalized spacial score (nSPS) is 12.9. The van der Waals surface area contributed by atoms with E-state index in [1.807, 2.05) is 45.9 Å². The minimum absolute atomic E-state index is 0.0487. The molecule has 1 rings (SSSR count). The van der Waals surface area contributed by atoms with Crippen LogP contribution in [0.1, 0.15) is 41.8 Å². The van der Waals surface area contributed by atoms with E-state index in [9.17, 15) is 4.79 Å². The highest BCUT2D eigenvalue weighted by Gasteiger charge is 2.15. The van der Waals surface area contributed by atoms with Gasteiger partial charge in [0.1, 0.15) is 0 Å². The van der Waals surface area contributed by atoms with Crippen molar-refractivity contribution in [1.29, 1.82) is 0 Å². The van der Waals surface area contributed by atoms with E-state index in [1.54, 1.807) is 0 Å². The lowest BCUT2D eigenvalue weighted by atomic mass is 9.94. The van der Waals surface area contributed by atoms with E-state index < -0.39 is 0 Å². The van der Waals surface area contributed by atoms with Gasteiger partial charge in [0.2, 0.25) is 0 Å². The molecule has 0 radical (unpaired) electrons. The molecule has 0 heterocycles. The maximum absolute atomic E-state index is 12.1. The minimum atomic E-state index is -0.0487. The van der Waals surface area contributed by atoms with Crippen LogP contribution >= 0.6 is 0 Å². The number of benzene rings is 1. The van der Waals surface area contributed by atoms with E-state index in [4.69, 9.17) is 5.73 Å². The molecule has 0 aromatic heterocycles. The van der Waals surface area contributed by atoms with E-state index in [-0.39, 0.29) is 11.8 Å². The van der Waals surface area contributed by atoms with Gasteiger partial charge in [0.05, 0.1) is 0 Å². The van der Waals surface area contributed by atoms with Crippen molar-refractivity contribution in [3.8, 4) is 0 Å². The van der Waals surface area contributed by atoms with Crippen LogP contribution in [0.3, 0.4) is 0 Å². The number of ketones is 1. The van der Waals surface area contributed by atoms with Gasteiger partial charge in [-0.1, -0.05) is 31.5 Å². The Morgan fingerprint density at radius 3 is 2.50 bits per heavy atom.